The van der Waals surface area contributed by atoms with E-state index in [4.69, 9.17) is 12.8 Å². The second-order valence-electron chi connectivity index (χ2n) is 4.84. The van der Waals surface area contributed by atoms with Crippen molar-refractivity contribution in [2.75, 3.05) is 6.54 Å². The molecular weight excluding hydrogens is 234 g/mol. The Morgan fingerprint density at radius 2 is 1.32 bits per heavy atom. The first-order chi connectivity index (χ1) is 9.31. The highest BCUT2D eigenvalue weighted by molar-refractivity contribution is 5.75. The maximum atomic E-state index is 11.4. The van der Waals surface area contributed by atoms with Gasteiger partial charge in [-0.3, -0.25) is 4.79 Å². The molecule has 0 spiro atoms. The van der Waals surface area contributed by atoms with Gasteiger partial charge in [0.25, 0.3) is 0 Å². The van der Waals surface area contributed by atoms with Gasteiger partial charge in [0.05, 0.1) is 0 Å². The van der Waals surface area contributed by atoms with Crippen molar-refractivity contribution in [3.05, 3.63) is 0 Å². The Hall–Kier alpha value is -1.41. The van der Waals surface area contributed by atoms with Crippen LogP contribution in [0.2, 0.25) is 0 Å². The minimum atomic E-state index is 0.158. The minimum Gasteiger partial charge on any atom is -0.356 e. The predicted molar refractivity (Wildman–Crippen MR) is 81.5 cm³/mol. The van der Waals surface area contributed by atoms with Crippen molar-refractivity contribution < 1.29 is 4.79 Å². The summed E-state index contributed by atoms with van der Waals surface area (Å²) >= 11 is 0. The number of hydrogen-bond donors (Lipinski definition) is 1. The molecule has 0 aliphatic rings. The van der Waals surface area contributed by atoms with Gasteiger partial charge in [-0.15, -0.1) is 24.7 Å². The molecule has 0 saturated heterocycles. The van der Waals surface area contributed by atoms with Crippen molar-refractivity contribution in [1.29, 1.82) is 0 Å². The Kier molecular flexibility index (Phi) is 13.6. The van der Waals surface area contributed by atoms with Gasteiger partial charge >= 0.3 is 0 Å². The highest BCUT2D eigenvalue weighted by atomic mass is 16.1. The van der Waals surface area contributed by atoms with E-state index in [2.05, 4.69) is 17.2 Å². The lowest BCUT2D eigenvalue weighted by Gasteiger charge is -2.04. The summed E-state index contributed by atoms with van der Waals surface area (Å²) in [6.45, 7) is 0.804. The summed E-state index contributed by atoms with van der Waals surface area (Å²) < 4.78 is 0. The Morgan fingerprint density at radius 1 is 0.789 bits per heavy atom. The van der Waals surface area contributed by atoms with Crippen molar-refractivity contribution in [1.82, 2.24) is 5.32 Å². The molecule has 0 rings (SSSR count). The zero-order valence-electron chi connectivity index (χ0n) is 12.0. The highest BCUT2D eigenvalue weighted by Gasteiger charge is 1.99. The summed E-state index contributed by atoms with van der Waals surface area (Å²) in [5, 5.41) is 2.95. The molecule has 0 saturated carbocycles. The molecule has 0 heterocycles. The van der Waals surface area contributed by atoms with Crippen molar-refractivity contribution in [3.8, 4) is 24.7 Å². The monoisotopic (exact) mass is 261 g/mol. The summed E-state index contributed by atoms with van der Waals surface area (Å²) in [5.41, 5.74) is 0. The van der Waals surface area contributed by atoms with Gasteiger partial charge in [-0.1, -0.05) is 25.7 Å². The topological polar surface area (TPSA) is 29.1 Å². The number of hydrogen-bond acceptors (Lipinski definition) is 1. The number of rotatable bonds is 12. The molecule has 0 aliphatic heterocycles. The van der Waals surface area contributed by atoms with E-state index in [1.165, 1.54) is 25.7 Å². The molecule has 106 valence electrons. The molecule has 0 atom stereocenters. The van der Waals surface area contributed by atoms with Gasteiger partial charge in [0, 0.05) is 25.8 Å². The first-order valence-electron chi connectivity index (χ1n) is 7.45. The van der Waals surface area contributed by atoms with Crippen LogP contribution in [0.1, 0.15) is 70.6 Å². The van der Waals surface area contributed by atoms with E-state index < -0.39 is 0 Å². The largest absolute Gasteiger partial charge is 0.356 e. The first kappa shape index (κ1) is 17.6. The molecule has 0 aromatic heterocycles. The molecule has 19 heavy (non-hydrogen) atoms. The number of unbranched alkanes of at least 4 members (excludes halogenated alkanes) is 8. The Morgan fingerprint density at radius 3 is 1.95 bits per heavy atom. The Labute approximate surface area is 118 Å². The van der Waals surface area contributed by atoms with Crippen LogP contribution in [0.4, 0.5) is 0 Å². The lowest BCUT2D eigenvalue weighted by atomic mass is 10.1. The van der Waals surface area contributed by atoms with Crippen LogP contribution in [0.25, 0.3) is 0 Å². The number of terminal acetylenes is 2. The predicted octanol–water partition coefficient (Wildman–Crippen LogP) is 3.66. The van der Waals surface area contributed by atoms with Gasteiger partial charge in [-0.25, -0.2) is 0 Å². The van der Waals surface area contributed by atoms with Crippen LogP contribution in [-0.4, -0.2) is 12.5 Å². The van der Waals surface area contributed by atoms with Gasteiger partial charge in [0.1, 0.15) is 0 Å². The van der Waals surface area contributed by atoms with Crippen LogP contribution >= 0.6 is 0 Å². The summed E-state index contributed by atoms with van der Waals surface area (Å²) in [4.78, 5) is 11.4. The van der Waals surface area contributed by atoms with E-state index in [0.29, 0.717) is 6.42 Å². The molecular formula is C17H27NO. The van der Waals surface area contributed by atoms with Gasteiger partial charge in [0.2, 0.25) is 5.91 Å². The molecule has 0 aromatic carbocycles. The van der Waals surface area contributed by atoms with Crippen molar-refractivity contribution >= 4 is 5.91 Å². The van der Waals surface area contributed by atoms with E-state index in [0.717, 1.165) is 45.1 Å². The lowest BCUT2D eigenvalue weighted by Crippen LogP contribution is -2.23. The number of carbonyl (C=O) groups excluding carboxylic acids is 1. The second-order valence-corrected chi connectivity index (χ2v) is 4.84. The maximum Gasteiger partial charge on any atom is 0.219 e. The summed E-state index contributed by atoms with van der Waals surface area (Å²) in [6.07, 6.45) is 21.6. The van der Waals surface area contributed by atoms with Crippen LogP contribution < -0.4 is 5.32 Å². The number of carbonyl (C=O) groups is 1. The van der Waals surface area contributed by atoms with Crippen LogP contribution in [0, 0.1) is 24.7 Å². The quantitative estimate of drug-likeness (QED) is 0.421. The highest BCUT2D eigenvalue weighted by Crippen LogP contribution is 2.06. The number of nitrogens with one attached hydrogen (secondary N) is 1. The molecule has 2 heteroatoms. The van der Waals surface area contributed by atoms with Crippen molar-refractivity contribution in [2.45, 2.75) is 70.6 Å². The summed E-state index contributed by atoms with van der Waals surface area (Å²) in [5.74, 6) is 5.40. The van der Waals surface area contributed by atoms with Crippen LogP contribution in [0.3, 0.4) is 0 Å². The standard InChI is InChI=1S/C17H27NO/c1-3-5-7-9-10-11-12-14-16-18-17(19)15-13-8-6-4-2/h1-2H,5-16H2,(H,18,19). The van der Waals surface area contributed by atoms with E-state index in [9.17, 15) is 4.79 Å². The SMILES string of the molecule is C#CCCCCCCCCNC(=O)CCCCC#C. The minimum absolute atomic E-state index is 0.158. The van der Waals surface area contributed by atoms with Gasteiger partial charge in [-0.05, 0) is 25.7 Å². The van der Waals surface area contributed by atoms with Gasteiger partial charge < -0.3 is 5.32 Å². The molecule has 0 radical (unpaired) electrons. The lowest BCUT2D eigenvalue weighted by molar-refractivity contribution is -0.121. The molecule has 0 bridgehead atoms. The fourth-order valence-corrected chi connectivity index (χ4v) is 1.89. The third-order valence-corrected chi connectivity index (χ3v) is 3.05. The summed E-state index contributed by atoms with van der Waals surface area (Å²) in [7, 11) is 0. The molecule has 0 aliphatic carbocycles. The fraction of sp³-hybridized carbons (Fsp3) is 0.706. The van der Waals surface area contributed by atoms with E-state index in [1.807, 2.05) is 0 Å². The molecule has 0 unspecified atom stereocenters. The van der Waals surface area contributed by atoms with Gasteiger partial charge in [-0.2, -0.15) is 0 Å². The first-order valence-corrected chi connectivity index (χ1v) is 7.45. The van der Waals surface area contributed by atoms with Gasteiger partial charge in [0.15, 0.2) is 0 Å². The van der Waals surface area contributed by atoms with Crippen molar-refractivity contribution in [3.63, 3.8) is 0 Å². The van der Waals surface area contributed by atoms with E-state index in [-0.39, 0.29) is 5.91 Å². The average molecular weight is 261 g/mol. The Bertz CT molecular complexity index is 295. The van der Waals surface area contributed by atoms with Crippen LogP contribution in [-0.2, 0) is 4.79 Å². The molecule has 0 fully saturated rings. The van der Waals surface area contributed by atoms with Crippen molar-refractivity contribution in [2.24, 2.45) is 0 Å². The molecule has 0 aromatic rings. The van der Waals surface area contributed by atoms with Crippen LogP contribution in [0.15, 0.2) is 0 Å². The third kappa shape index (κ3) is 14.5. The smallest absolute Gasteiger partial charge is 0.219 e. The molecule has 1 amide bonds. The molecule has 1 N–H and O–H groups in total. The van der Waals surface area contributed by atoms with E-state index in [1.54, 1.807) is 0 Å². The Balaban J connectivity index is 3.15. The van der Waals surface area contributed by atoms with E-state index >= 15 is 0 Å². The second kappa shape index (κ2) is 14.7. The zero-order chi connectivity index (χ0) is 14.2. The summed E-state index contributed by atoms with van der Waals surface area (Å²) in [6, 6.07) is 0. The maximum absolute atomic E-state index is 11.4. The average Bonchev–Trinajstić information content (AvgIpc) is 2.42. The number of amides is 1. The normalized spacial score (nSPS) is 9.58. The van der Waals surface area contributed by atoms with Crippen LogP contribution in [0.5, 0.6) is 0 Å². The fourth-order valence-electron chi connectivity index (χ4n) is 1.89. The third-order valence-electron chi connectivity index (χ3n) is 3.05. The molecule has 2 nitrogen and oxygen atoms in total. The zero-order valence-corrected chi connectivity index (χ0v) is 12.0.